The lowest BCUT2D eigenvalue weighted by molar-refractivity contribution is 1.32. The lowest BCUT2D eigenvalue weighted by atomic mass is 10.3. The highest BCUT2D eigenvalue weighted by Crippen LogP contribution is 2.26. The molecule has 0 aliphatic carbocycles. The molecule has 0 unspecified atom stereocenters. The van der Waals surface area contributed by atoms with E-state index in [4.69, 9.17) is 35.4 Å². The zero-order valence-electron chi connectivity index (χ0n) is 6.34. The Hall–Kier alpha value is -0.640. The minimum absolute atomic E-state index is 0.497. The molecule has 1 aromatic heterocycles. The normalized spacial score (nSPS) is 10.6. The summed E-state index contributed by atoms with van der Waals surface area (Å²) in [5.74, 6) is 0.642. The Morgan fingerprint density at radius 2 is 2.00 bits per heavy atom. The van der Waals surface area contributed by atoms with Crippen molar-refractivity contribution in [1.29, 1.82) is 0 Å². The summed E-state index contributed by atoms with van der Waals surface area (Å²) in [6.45, 7) is 0. The molecule has 0 radical (unpaired) electrons. The number of aromatic nitrogens is 2. The van der Waals surface area contributed by atoms with Crippen LogP contribution in [0.2, 0.25) is 10.0 Å². The van der Waals surface area contributed by atoms with Crippen molar-refractivity contribution in [2.75, 3.05) is 0 Å². The van der Waals surface area contributed by atoms with Gasteiger partial charge in [-0.15, -0.1) is 0 Å². The lowest BCUT2D eigenvalue weighted by Gasteiger charge is -1.93. The fraction of sp³-hybridized carbons (Fsp3) is 0. The Balaban J connectivity index is 2.77. The number of imidazole rings is 1. The Kier molecular flexibility index (Phi) is 2.24. The fourth-order valence-electron chi connectivity index (χ4n) is 1.08. The van der Waals surface area contributed by atoms with Gasteiger partial charge in [-0.2, -0.15) is 0 Å². The monoisotopic (exact) mass is 230 g/mol. The first-order valence-electron chi connectivity index (χ1n) is 3.50. The quantitative estimate of drug-likeness (QED) is 0.763. The minimum atomic E-state index is 0.497. The molecule has 0 spiro atoms. The van der Waals surface area contributed by atoms with Gasteiger partial charge in [0.25, 0.3) is 0 Å². The standard InChI is InChI=1S/C8H4Cl2N2S/c9-4-1-6-7(2-5(4)10)12-8(3-13)11-6/h1-3H,(H,11,12). The highest BCUT2D eigenvalue weighted by Gasteiger charge is 2.04. The summed E-state index contributed by atoms with van der Waals surface area (Å²) in [7, 11) is 0. The van der Waals surface area contributed by atoms with Crippen molar-refractivity contribution in [2.24, 2.45) is 0 Å². The number of thiocarbonyl (C=S) groups is 1. The number of fused-ring (bicyclic) bond motifs is 1. The Morgan fingerprint density at radius 3 is 2.69 bits per heavy atom. The van der Waals surface area contributed by atoms with Crippen LogP contribution in [-0.4, -0.2) is 15.3 Å². The van der Waals surface area contributed by atoms with Crippen molar-refractivity contribution in [1.82, 2.24) is 9.97 Å². The number of benzene rings is 1. The van der Waals surface area contributed by atoms with Gasteiger partial charge in [0.05, 0.1) is 21.1 Å². The van der Waals surface area contributed by atoms with Gasteiger partial charge in [0.1, 0.15) is 5.82 Å². The van der Waals surface area contributed by atoms with Crippen LogP contribution in [0.1, 0.15) is 5.82 Å². The first-order chi connectivity index (χ1) is 6.20. The van der Waals surface area contributed by atoms with E-state index in [-0.39, 0.29) is 0 Å². The summed E-state index contributed by atoms with van der Waals surface area (Å²) >= 11 is 16.4. The smallest absolute Gasteiger partial charge is 0.142 e. The Bertz CT molecular complexity index is 439. The molecule has 1 heterocycles. The SMILES string of the molecule is S=Cc1nc2cc(Cl)c(Cl)cc2[nH]1. The van der Waals surface area contributed by atoms with Gasteiger partial charge in [-0.05, 0) is 12.1 Å². The van der Waals surface area contributed by atoms with Crippen LogP contribution in [0.5, 0.6) is 0 Å². The molecule has 1 N–H and O–H groups in total. The van der Waals surface area contributed by atoms with Crippen molar-refractivity contribution in [2.45, 2.75) is 0 Å². The summed E-state index contributed by atoms with van der Waals surface area (Å²) in [5.41, 5.74) is 1.61. The average Bonchev–Trinajstić information content (AvgIpc) is 2.48. The van der Waals surface area contributed by atoms with Crippen LogP contribution in [0.4, 0.5) is 0 Å². The van der Waals surface area contributed by atoms with Gasteiger partial charge in [-0.3, -0.25) is 0 Å². The predicted molar refractivity (Wildman–Crippen MR) is 58.9 cm³/mol. The molecule has 0 atom stereocenters. The minimum Gasteiger partial charge on any atom is -0.338 e. The maximum Gasteiger partial charge on any atom is 0.142 e. The molecule has 2 rings (SSSR count). The number of hydrogen-bond acceptors (Lipinski definition) is 2. The van der Waals surface area contributed by atoms with E-state index < -0.39 is 0 Å². The second kappa shape index (κ2) is 3.25. The Labute approximate surface area is 89.9 Å². The summed E-state index contributed by atoms with van der Waals surface area (Å²) in [5, 5.41) is 2.48. The van der Waals surface area contributed by atoms with E-state index in [0.29, 0.717) is 15.9 Å². The van der Waals surface area contributed by atoms with Gasteiger partial charge in [-0.25, -0.2) is 4.98 Å². The summed E-state index contributed by atoms with van der Waals surface area (Å²) in [6.07, 6.45) is 0. The van der Waals surface area contributed by atoms with E-state index in [2.05, 4.69) is 9.97 Å². The Morgan fingerprint density at radius 1 is 1.31 bits per heavy atom. The van der Waals surface area contributed by atoms with Crippen molar-refractivity contribution in [3.63, 3.8) is 0 Å². The first kappa shape index (κ1) is 8.94. The van der Waals surface area contributed by atoms with Crippen molar-refractivity contribution in [3.8, 4) is 0 Å². The zero-order valence-corrected chi connectivity index (χ0v) is 8.67. The molecular formula is C8H4Cl2N2S. The lowest BCUT2D eigenvalue weighted by Crippen LogP contribution is -1.77. The summed E-state index contributed by atoms with van der Waals surface area (Å²) in [4.78, 5) is 7.17. The third-order valence-electron chi connectivity index (χ3n) is 1.65. The first-order valence-corrected chi connectivity index (χ1v) is 4.73. The van der Waals surface area contributed by atoms with Gasteiger partial charge in [0.15, 0.2) is 0 Å². The molecule has 5 heteroatoms. The van der Waals surface area contributed by atoms with Crippen LogP contribution >= 0.6 is 35.4 Å². The molecule has 0 aliphatic heterocycles. The molecule has 2 aromatic rings. The topological polar surface area (TPSA) is 28.7 Å². The number of H-pyrrole nitrogens is 1. The molecule has 0 saturated carbocycles. The number of rotatable bonds is 1. The second-order valence-corrected chi connectivity index (χ2v) is 3.57. The third kappa shape index (κ3) is 1.55. The van der Waals surface area contributed by atoms with E-state index in [1.165, 1.54) is 5.37 Å². The van der Waals surface area contributed by atoms with E-state index in [1.54, 1.807) is 12.1 Å². The molecule has 0 aliphatic rings. The highest BCUT2D eigenvalue weighted by molar-refractivity contribution is 7.79. The molecular weight excluding hydrogens is 227 g/mol. The van der Waals surface area contributed by atoms with Gasteiger partial charge in [-0.1, -0.05) is 35.4 Å². The van der Waals surface area contributed by atoms with Gasteiger partial charge >= 0.3 is 0 Å². The number of aromatic amines is 1. The summed E-state index contributed by atoms with van der Waals surface area (Å²) in [6, 6.07) is 3.44. The highest BCUT2D eigenvalue weighted by atomic mass is 35.5. The molecule has 0 saturated heterocycles. The molecule has 66 valence electrons. The zero-order chi connectivity index (χ0) is 9.42. The molecule has 1 aromatic carbocycles. The van der Waals surface area contributed by atoms with Crippen LogP contribution < -0.4 is 0 Å². The van der Waals surface area contributed by atoms with E-state index in [0.717, 1.165) is 11.0 Å². The van der Waals surface area contributed by atoms with Crippen molar-refractivity contribution in [3.05, 3.63) is 28.0 Å². The molecule has 0 amide bonds. The van der Waals surface area contributed by atoms with E-state index in [9.17, 15) is 0 Å². The maximum absolute atomic E-state index is 5.82. The predicted octanol–water partition coefficient (Wildman–Crippen LogP) is 3.22. The van der Waals surface area contributed by atoms with Gasteiger partial charge < -0.3 is 4.98 Å². The average molecular weight is 231 g/mol. The third-order valence-corrected chi connectivity index (χ3v) is 2.60. The number of halogens is 2. The fourth-order valence-corrected chi connectivity index (χ4v) is 1.51. The molecule has 13 heavy (non-hydrogen) atoms. The number of nitrogens with zero attached hydrogens (tertiary/aromatic N) is 1. The van der Waals surface area contributed by atoms with Crippen LogP contribution in [0.15, 0.2) is 12.1 Å². The second-order valence-electron chi connectivity index (χ2n) is 2.52. The number of hydrogen-bond donors (Lipinski definition) is 1. The molecule has 2 nitrogen and oxygen atoms in total. The van der Waals surface area contributed by atoms with Crippen LogP contribution in [-0.2, 0) is 0 Å². The summed E-state index contributed by atoms with van der Waals surface area (Å²) < 4.78 is 0. The van der Waals surface area contributed by atoms with Crippen molar-refractivity contribution >= 4 is 51.8 Å². The van der Waals surface area contributed by atoms with Crippen LogP contribution in [0, 0.1) is 0 Å². The van der Waals surface area contributed by atoms with E-state index >= 15 is 0 Å². The van der Waals surface area contributed by atoms with Gasteiger partial charge in [0.2, 0.25) is 0 Å². The molecule has 0 bridgehead atoms. The maximum atomic E-state index is 5.82. The van der Waals surface area contributed by atoms with Crippen LogP contribution in [0.3, 0.4) is 0 Å². The van der Waals surface area contributed by atoms with Gasteiger partial charge in [0, 0.05) is 5.37 Å². The van der Waals surface area contributed by atoms with Crippen molar-refractivity contribution < 1.29 is 0 Å². The largest absolute Gasteiger partial charge is 0.338 e. The number of nitrogens with one attached hydrogen (secondary N) is 1. The molecule has 0 fully saturated rings. The van der Waals surface area contributed by atoms with E-state index in [1.807, 2.05) is 0 Å². The van der Waals surface area contributed by atoms with Crippen LogP contribution in [0.25, 0.3) is 11.0 Å².